The Morgan fingerprint density at radius 2 is 1.38 bits per heavy atom. The van der Waals surface area contributed by atoms with E-state index in [9.17, 15) is 14.4 Å². The van der Waals surface area contributed by atoms with Gasteiger partial charge in [-0.1, -0.05) is 58.3 Å². The van der Waals surface area contributed by atoms with E-state index in [4.69, 9.17) is 42.3 Å². The zero-order chi connectivity index (χ0) is 33.5. The van der Waals surface area contributed by atoms with Crippen LogP contribution in [0.15, 0.2) is 27.4 Å². The summed E-state index contributed by atoms with van der Waals surface area (Å²) in [6.07, 6.45) is 10.0. The van der Waals surface area contributed by atoms with Gasteiger partial charge in [0.15, 0.2) is 18.1 Å². The quantitative estimate of drug-likeness (QED) is 0.0940. The highest BCUT2D eigenvalue weighted by molar-refractivity contribution is 6.00. The monoisotopic (exact) mass is 664 g/mol. The average Bonchev–Trinajstić information content (AvgIpc) is 3.08. The summed E-state index contributed by atoms with van der Waals surface area (Å²) >= 11 is 0. The van der Waals surface area contributed by atoms with Crippen molar-refractivity contribution >= 4 is 22.7 Å². The van der Waals surface area contributed by atoms with E-state index in [0.29, 0.717) is 76.2 Å². The van der Waals surface area contributed by atoms with Crippen molar-refractivity contribution in [3.05, 3.63) is 34.2 Å². The van der Waals surface area contributed by atoms with Crippen LogP contribution in [-0.2, 0) is 33.2 Å². The zero-order valence-corrected chi connectivity index (χ0v) is 28.1. The molecule has 1 aromatic heterocycles. The molecule has 1 aliphatic rings. The third kappa shape index (κ3) is 15.2. The number of ether oxygens (including phenoxy) is 8. The fraction of sp³-hybridized carbons (Fsp3) is 0.686. The van der Waals surface area contributed by atoms with E-state index in [1.165, 1.54) is 57.8 Å². The van der Waals surface area contributed by atoms with Gasteiger partial charge < -0.3 is 42.3 Å². The third-order valence-corrected chi connectivity index (χ3v) is 7.59. The zero-order valence-electron chi connectivity index (χ0n) is 28.1. The van der Waals surface area contributed by atoms with Gasteiger partial charge in [-0.05, 0) is 18.6 Å². The highest BCUT2D eigenvalue weighted by atomic mass is 16.6. The topological polar surface area (TPSA) is 138 Å². The third-order valence-electron chi connectivity index (χ3n) is 7.59. The summed E-state index contributed by atoms with van der Waals surface area (Å²) in [5.41, 5.74) is -0.834. The van der Waals surface area contributed by atoms with Crippen molar-refractivity contribution in [3.8, 4) is 11.5 Å². The normalized spacial score (nSPS) is 17.0. The Morgan fingerprint density at radius 3 is 2.04 bits per heavy atom. The molecule has 0 saturated carbocycles. The Bertz CT molecular complexity index is 1230. The molecule has 0 N–H and O–H groups in total. The molecule has 264 valence electrons. The van der Waals surface area contributed by atoms with Gasteiger partial charge >= 0.3 is 11.6 Å². The highest BCUT2D eigenvalue weighted by Crippen LogP contribution is 2.32. The van der Waals surface area contributed by atoms with Crippen LogP contribution in [0.25, 0.3) is 11.0 Å². The Morgan fingerprint density at radius 1 is 0.766 bits per heavy atom. The molecule has 1 atom stereocenters. The molecular weight excluding hydrogens is 612 g/mol. The molecule has 0 amide bonds. The van der Waals surface area contributed by atoms with E-state index < -0.39 is 30.1 Å². The van der Waals surface area contributed by atoms with Crippen LogP contribution in [-0.4, -0.2) is 97.6 Å². The molecule has 3 rings (SSSR count). The number of unbranched alkanes of at least 4 members (excludes halogenated alkanes) is 8. The summed E-state index contributed by atoms with van der Waals surface area (Å²) in [4.78, 5) is 37.7. The number of hydrogen-bond donors (Lipinski definition) is 0. The molecule has 1 unspecified atom stereocenters. The molecule has 0 bridgehead atoms. The molecule has 1 aliphatic heterocycles. The molecule has 0 spiro atoms. The van der Waals surface area contributed by atoms with E-state index in [-0.39, 0.29) is 30.8 Å². The first-order chi connectivity index (χ1) is 23.0. The van der Waals surface area contributed by atoms with Gasteiger partial charge in [-0.2, -0.15) is 0 Å². The number of benzene rings is 1. The van der Waals surface area contributed by atoms with Crippen LogP contribution in [0.4, 0.5) is 0 Å². The van der Waals surface area contributed by atoms with E-state index >= 15 is 0 Å². The smallest absolute Gasteiger partial charge is 0.347 e. The van der Waals surface area contributed by atoms with Gasteiger partial charge in [0, 0.05) is 17.9 Å². The first-order valence-electron chi connectivity index (χ1n) is 16.9. The molecule has 1 saturated heterocycles. The van der Waals surface area contributed by atoms with Crippen LogP contribution in [0.1, 0.15) is 81.5 Å². The fourth-order valence-electron chi connectivity index (χ4n) is 4.95. The Labute approximate surface area is 277 Å². The molecule has 1 fully saturated rings. The highest BCUT2D eigenvalue weighted by Gasteiger charge is 2.19. The second kappa shape index (κ2) is 23.3. The lowest BCUT2D eigenvalue weighted by Gasteiger charge is -2.20. The lowest BCUT2D eigenvalue weighted by atomic mass is 10.1. The first kappa shape index (κ1) is 38.4. The van der Waals surface area contributed by atoms with E-state index in [0.717, 1.165) is 12.8 Å². The fourth-order valence-corrected chi connectivity index (χ4v) is 4.95. The maximum absolute atomic E-state index is 12.8. The summed E-state index contributed by atoms with van der Waals surface area (Å²) in [5.74, 6) is -0.401. The van der Waals surface area contributed by atoms with Crippen LogP contribution in [0.3, 0.4) is 0 Å². The molecule has 12 heteroatoms. The minimum Gasteiger partial charge on any atom is -0.493 e. The molecule has 47 heavy (non-hydrogen) atoms. The predicted octanol–water partition coefficient (Wildman–Crippen LogP) is 5.29. The first-order valence-corrected chi connectivity index (χ1v) is 16.9. The number of rotatable bonds is 17. The maximum atomic E-state index is 12.8. The summed E-state index contributed by atoms with van der Waals surface area (Å²) in [6, 6.07) is 4.55. The van der Waals surface area contributed by atoms with Gasteiger partial charge in [0.2, 0.25) is 5.78 Å². The van der Waals surface area contributed by atoms with Crippen molar-refractivity contribution in [3.63, 3.8) is 0 Å². The van der Waals surface area contributed by atoms with E-state index in [2.05, 4.69) is 6.92 Å². The minimum atomic E-state index is -0.834. The predicted molar refractivity (Wildman–Crippen MR) is 175 cm³/mol. The number of methoxy groups -OCH3 is 1. The average molecular weight is 665 g/mol. The number of carbonyl (C=O) groups excluding carboxylic acids is 2. The van der Waals surface area contributed by atoms with Crippen LogP contribution in [0, 0.1) is 0 Å². The van der Waals surface area contributed by atoms with Crippen LogP contribution in [0.5, 0.6) is 11.5 Å². The van der Waals surface area contributed by atoms with Crippen LogP contribution in [0.2, 0.25) is 0 Å². The molecule has 2 aromatic rings. The Kier molecular flexibility index (Phi) is 19.1. The van der Waals surface area contributed by atoms with Crippen LogP contribution < -0.4 is 15.1 Å². The summed E-state index contributed by atoms with van der Waals surface area (Å²) in [5, 5.41) is 0.452. The number of carbonyl (C=O) groups is 2. The van der Waals surface area contributed by atoms with Crippen molar-refractivity contribution < 1.29 is 51.9 Å². The van der Waals surface area contributed by atoms with Gasteiger partial charge in [-0.25, -0.2) is 4.79 Å². The molecule has 0 radical (unpaired) electrons. The standard InChI is InChI=1S/C35H52O12/c1-3-4-5-6-7-8-9-10-11-12-34(37)46-26-30(36)29-21-27-22-32(39-2)33(23-31(27)47-35(29)38)45-25-28-24-43-18-17-41-14-13-40-15-16-42-19-20-44-28/h21-23,28H,3-20,24-26H2,1-2H3. The second-order valence-corrected chi connectivity index (χ2v) is 11.4. The largest absolute Gasteiger partial charge is 0.493 e. The number of esters is 1. The van der Waals surface area contributed by atoms with Gasteiger partial charge in [-0.3, -0.25) is 9.59 Å². The van der Waals surface area contributed by atoms with Crippen molar-refractivity contribution in [2.45, 2.75) is 77.2 Å². The van der Waals surface area contributed by atoms with Gasteiger partial charge in [0.1, 0.15) is 23.9 Å². The molecule has 0 aliphatic carbocycles. The maximum Gasteiger partial charge on any atom is 0.347 e. The van der Waals surface area contributed by atoms with Gasteiger partial charge in [0.05, 0.1) is 66.6 Å². The van der Waals surface area contributed by atoms with Crippen molar-refractivity contribution in [1.82, 2.24) is 0 Å². The lowest BCUT2D eigenvalue weighted by molar-refractivity contribution is -0.142. The number of fused-ring (bicyclic) bond motifs is 1. The van der Waals surface area contributed by atoms with Crippen molar-refractivity contribution in [2.24, 2.45) is 0 Å². The van der Waals surface area contributed by atoms with E-state index in [1.54, 1.807) is 6.07 Å². The number of Topliss-reactive ketones (excluding diaryl/α,β-unsaturated/α-hetero) is 1. The Balaban J connectivity index is 1.51. The molecule has 12 nitrogen and oxygen atoms in total. The molecular formula is C35H52O12. The second-order valence-electron chi connectivity index (χ2n) is 11.4. The van der Waals surface area contributed by atoms with Crippen LogP contribution >= 0.6 is 0 Å². The van der Waals surface area contributed by atoms with Gasteiger partial charge in [-0.15, -0.1) is 0 Å². The lowest BCUT2D eigenvalue weighted by Crippen LogP contribution is -2.29. The summed E-state index contributed by atoms with van der Waals surface area (Å²) < 4.78 is 50.2. The molecule has 1 aromatic carbocycles. The van der Waals surface area contributed by atoms with Gasteiger partial charge in [0.25, 0.3) is 0 Å². The SMILES string of the molecule is CCCCCCCCCCCC(=O)OCC(=O)c1cc2cc(OC)c(OCC3COCCOCCOCCOCCO3)cc2oc1=O. The minimum absolute atomic E-state index is 0.122. The van der Waals surface area contributed by atoms with E-state index in [1.807, 2.05) is 0 Å². The summed E-state index contributed by atoms with van der Waals surface area (Å²) in [6.45, 7) is 5.52. The number of ketones is 1. The Hall–Kier alpha value is -3.03. The number of hydrogen-bond acceptors (Lipinski definition) is 12. The summed E-state index contributed by atoms with van der Waals surface area (Å²) in [7, 11) is 1.48. The van der Waals surface area contributed by atoms with Crippen molar-refractivity contribution in [2.75, 3.05) is 79.8 Å². The van der Waals surface area contributed by atoms with Crippen molar-refractivity contribution in [1.29, 1.82) is 0 Å². The molecule has 2 heterocycles.